The maximum Gasteiger partial charge on any atom is 0.308 e. The summed E-state index contributed by atoms with van der Waals surface area (Å²) in [7, 11) is 0. The topological polar surface area (TPSA) is 127 Å². The quantitative estimate of drug-likeness (QED) is 0.352. The van der Waals surface area contributed by atoms with Crippen LogP contribution in [0.15, 0.2) is 12.0 Å². The molecule has 0 spiro atoms. The van der Waals surface area contributed by atoms with E-state index in [9.17, 15) is 9.59 Å². The van der Waals surface area contributed by atoms with Crippen LogP contribution in [-0.2, 0) is 9.59 Å². The van der Waals surface area contributed by atoms with Crippen LogP contribution in [0.2, 0.25) is 0 Å². The highest BCUT2D eigenvalue weighted by Gasteiger charge is 2.20. The van der Waals surface area contributed by atoms with Crippen LogP contribution in [0.25, 0.3) is 0 Å². The lowest BCUT2D eigenvalue weighted by molar-refractivity contribution is -0.148. The van der Waals surface area contributed by atoms with Crippen molar-refractivity contribution < 1.29 is 30.0 Å². The molecular formula is C8H13NO6. The molecule has 0 aromatic rings. The molecule has 0 saturated heterocycles. The molecule has 0 aliphatic rings. The van der Waals surface area contributed by atoms with Crippen LogP contribution in [0.3, 0.4) is 0 Å². The lowest BCUT2D eigenvalue weighted by Crippen LogP contribution is -2.30. The number of carboxylic acids is 2. The Balaban J connectivity index is 4.18. The Morgan fingerprint density at radius 2 is 1.93 bits per heavy atom. The van der Waals surface area contributed by atoms with Crippen LogP contribution in [0.1, 0.15) is 6.42 Å². The highest BCUT2D eigenvalue weighted by atomic mass is 16.4. The van der Waals surface area contributed by atoms with Crippen LogP contribution >= 0.6 is 0 Å². The summed E-state index contributed by atoms with van der Waals surface area (Å²) < 4.78 is 0. The van der Waals surface area contributed by atoms with E-state index in [0.29, 0.717) is 6.26 Å². The number of carboxylic acid groups (broad SMARTS) is 2. The number of aliphatic hydroxyl groups is 2. The molecule has 0 saturated carbocycles. The smallest absolute Gasteiger partial charge is 0.308 e. The van der Waals surface area contributed by atoms with Crippen molar-refractivity contribution in [2.75, 3.05) is 13.2 Å². The highest BCUT2D eigenvalue weighted by Crippen LogP contribution is 2.03. The van der Waals surface area contributed by atoms with Crippen molar-refractivity contribution in [3.05, 3.63) is 12.0 Å². The van der Waals surface area contributed by atoms with Crippen LogP contribution in [-0.4, -0.2) is 45.5 Å². The van der Waals surface area contributed by atoms with E-state index in [1.54, 1.807) is 0 Å². The fraction of sp³-hybridized carbons (Fsp3) is 0.500. The Morgan fingerprint density at radius 1 is 1.33 bits per heavy atom. The Morgan fingerprint density at radius 3 is 2.27 bits per heavy atom. The standard InChI is InChI=1S/C8H13NO6/c10-3-6(4-11)9-2-5(8(14)15)1-7(12)13/h3,5,9-11H,1-2,4H2,(H,12,13)(H,14,15)/b6-3-. The van der Waals surface area contributed by atoms with E-state index in [1.807, 2.05) is 0 Å². The molecule has 0 aliphatic heterocycles. The maximum atomic E-state index is 10.6. The van der Waals surface area contributed by atoms with Gasteiger partial charge in [-0.15, -0.1) is 0 Å². The van der Waals surface area contributed by atoms with Gasteiger partial charge in [-0.1, -0.05) is 0 Å². The molecule has 0 aromatic carbocycles. The van der Waals surface area contributed by atoms with Crippen molar-refractivity contribution in [2.24, 2.45) is 5.92 Å². The van der Waals surface area contributed by atoms with Gasteiger partial charge in [0.05, 0.1) is 24.6 Å². The molecule has 0 fully saturated rings. The number of aliphatic hydroxyl groups excluding tert-OH is 2. The molecule has 0 bridgehead atoms. The first-order chi connectivity index (χ1) is 7.01. The van der Waals surface area contributed by atoms with E-state index < -0.39 is 30.9 Å². The van der Waals surface area contributed by atoms with Gasteiger partial charge in [0.15, 0.2) is 0 Å². The summed E-state index contributed by atoms with van der Waals surface area (Å²) in [5.74, 6) is -3.58. The lowest BCUT2D eigenvalue weighted by atomic mass is 10.1. The van der Waals surface area contributed by atoms with E-state index >= 15 is 0 Å². The second kappa shape index (κ2) is 6.66. The number of carbonyl (C=O) groups is 2. The van der Waals surface area contributed by atoms with Crippen molar-refractivity contribution in [2.45, 2.75) is 6.42 Å². The fourth-order valence-electron chi connectivity index (χ4n) is 0.854. The van der Waals surface area contributed by atoms with Gasteiger partial charge < -0.3 is 25.7 Å². The largest absolute Gasteiger partial charge is 0.514 e. The third kappa shape index (κ3) is 5.53. The van der Waals surface area contributed by atoms with Gasteiger partial charge in [0.25, 0.3) is 0 Å². The first kappa shape index (κ1) is 13.2. The van der Waals surface area contributed by atoms with E-state index in [4.69, 9.17) is 20.4 Å². The fourth-order valence-corrected chi connectivity index (χ4v) is 0.854. The molecule has 0 aromatic heterocycles. The molecule has 1 unspecified atom stereocenters. The third-order valence-electron chi connectivity index (χ3n) is 1.67. The molecule has 0 rings (SSSR count). The van der Waals surface area contributed by atoms with E-state index in [-0.39, 0.29) is 12.2 Å². The molecule has 0 aliphatic carbocycles. The van der Waals surface area contributed by atoms with Crippen molar-refractivity contribution >= 4 is 11.9 Å². The molecule has 7 heteroatoms. The van der Waals surface area contributed by atoms with Gasteiger partial charge >= 0.3 is 11.9 Å². The summed E-state index contributed by atoms with van der Waals surface area (Å²) in [5, 5.41) is 36.6. The van der Waals surface area contributed by atoms with Crippen molar-refractivity contribution in [1.82, 2.24) is 5.32 Å². The van der Waals surface area contributed by atoms with Crippen LogP contribution in [0.5, 0.6) is 0 Å². The molecule has 5 N–H and O–H groups in total. The molecule has 15 heavy (non-hydrogen) atoms. The predicted octanol–water partition coefficient (Wildman–Crippen LogP) is -0.857. The minimum Gasteiger partial charge on any atom is -0.514 e. The Labute approximate surface area is 85.7 Å². The molecule has 0 radical (unpaired) electrons. The summed E-state index contributed by atoms with van der Waals surface area (Å²) in [6, 6.07) is 0. The zero-order valence-corrected chi connectivity index (χ0v) is 7.88. The van der Waals surface area contributed by atoms with Gasteiger partial charge in [0.2, 0.25) is 0 Å². The number of rotatable bonds is 7. The minimum absolute atomic E-state index is 0.0339. The van der Waals surface area contributed by atoms with Crippen LogP contribution < -0.4 is 5.32 Å². The van der Waals surface area contributed by atoms with Gasteiger partial charge in [-0.2, -0.15) is 0 Å². The van der Waals surface area contributed by atoms with Crippen LogP contribution in [0, 0.1) is 5.92 Å². The number of hydrogen-bond acceptors (Lipinski definition) is 5. The number of hydrogen-bond donors (Lipinski definition) is 5. The molecular weight excluding hydrogens is 206 g/mol. The second-order valence-electron chi connectivity index (χ2n) is 2.83. The summed E-state index contributed by atoms with van der Waals surface area (Å²) in [4.78, 5) is 20.9. The van der Waals surface area contributed by atoms with Crippen molar-refractivity contribution in [1.29, 1.82) is 0 Å². The Kier molecular flexibility index (Phi) is 5.88. The van der Waals surface area contributed by atoms with Crippen molar-refractivity contribution in [3.63, 3.8) is 0 Å². The predicted molar refractivity (Wildman–Crippen MR) is 49.2 cm³/mol. The average molecular weight is 219 g/mol. The highest BCUT2D eigenvalue weighted by molar-refractivity contribution is 5.77. The Bertz CT molecular complexity index is 262. The molecule has 0 heterocycles. The van der Waals surface area contributed by atoms with Gasteiger partial charge in [0.1, 0.15) is 6.26 Å². The zero-order chi connectivity index (χ0) is 11.8. The summed E-state index contributed by atoms with van der Waals surface area (Å²) in [5.41, 5.74) is 0.0339. The number of nitrogens with one attached hydrogen (secondary N) is 1. The molecule has 86 valence electrons. The SMILES string of the molecule is O=C(O)CC(CN/C(=C\O)CO)C(=O)O. The van der Waals surface area contributed by atoms with Gasteiger partial charge in [-0.3, -0.25) is 9.59 Å². The summed E-state index contributed by atoms with van der Waals surface area (Å²) in [6.45, 7) is -0.648. The molecule has 7 nitrogen and oxygen atoms in total. The third-order valence-corrected chi connectivity index (χ3v) is 1.67. The average Bonchev–Trinajstić information content (AvgIpc) is 2.16. The van der Waals surface area contributed by atoms with E-state index in [1.165, 1.54) is 0 Å². The first-order valence-corrected chi connectivity index (χ1v) is 4.13. The van der Waals surface area contributed by atoms with Gasteiger partial charge in [-0.25, -0.2) is 0 Å². The van der Waals surface area contributed by atoms with E-state index in [2.05, 4.69) is 5.32 Å². The van der Waals surface area contributed by atoms with Gasteiger partial charge in [0, 0.05) is 6.54 Å². The monoisotopic (exact) mass is 219 g/mol. The molecule has 0 amide bonds. The maximum absolute atomic E-state index is 10.6. The minimum atomic E-state index is -1.25. The second-order valence-corrected chi connectivity index (χ2v) is 2.83. The first-order valence-electron chi connectivity index (χ1n) is 4.13. The van der Waals surface area contributed by atoms with Crippen LogP contribution in [0.4, 0.5) is 0 Å². The lowest BCUT2D eigenvalue weighted by Gasteiger charge is -2.12. The normalized spacial score (nSPS) is 13.3. The summed E-state index contributed by atoms with van der Waals surface area (Å²) >= 11 is 0. The Hall–Kier alpha value is -1.76. The van der Waals surface area contributed by atoms with Crippen molar-refractivity contribution in [3.8, 4) is 0 Å². The van der Waals surface area contributed by atoms with E-state index in [0.717, 1.165) is 0 Å². The molecule has 1 atom stereocenters. The van der Waals surface area contributed by atoms with Gasteiger partial charge in [-0.05, 0) is 0 Å². The number of aliphatic carboxylic acids is 2. The summed E-state index contributed by atoms with van der Waals surface area (Å²) in [6.07, 6.45) is 0.0755. The zero-order valence-electron chi connectivity index (χ0n) is 7.88.